The summed E-state index contributed by atoms with van der Waals surface area (Å²) in [5.74, 6) is 0.245. The third kappa shape index (κ3) is 4.56. The fourth-order valence-electron chi connectivity index (χ4n) is 1.70. The van der Waals surface area contributed by atoms with Crippen LogP contribution in [0, 0.1) is 6.92 Å². The zero-order valence-corrected chi connectivity index (χ0v) is 13.4. The van der Waals surface area contributed by atoms with Crippen molar-refractivity contribution in [3.8, 4) is 5.69 Å². The third-order valence-electron chi connectivity index (χ3n) is 2.57. The molecule has 0 bridgehead atoms. The Morgan fingerprint density at radius 3 is 2.57 bits per heavy atom. The van der Waals surface area contributed by atoms with Crippen molar-refractivity contribution in [2.45, 2.75) is 38.4 Å². The number of aromatic nitrogens is 4. The maximum atomic E-state index is 11.8. The summed E-state index contributed by atoms with van der Waals surface area (Å²) in [7, 11) is 0. The summed E-state index contributed by atoms with van der Waals surface area (Å²) in [6, 6.07) is 7.89. The molecule has 0 atom stereocenters. The van der Waals surface area contributed by atoms with Gasteiger partial charge in [0.1, 0.15) is 0 Å². The van der Waals surface area contributed by atoms with Crippen molar-refractivity contribution >= 4 is 17.7 Å². The highest BCUT2D eigenvalue weighted by molar-refractivity contribution is 7.99. The van der Waals surface area contributed by atoms with Gasteiger partial charge in [-0.3, -0.25) is 4.79 Å². The highest BCUT2D eigenvalue weighted by atomic mass is 32.2. The van der Waals surface area contributed by atoms with Gasteiger partial charge in [-0.15, -0.1) is 5.10 Å². The topological polar surface area (TPSA) is 72.7 Å². The molecule has 21 heavy (non-hydrogen) atoms. The lowest BCUT2D eigenvalue weighted by molar-refractivity contribution is -0.119. The second-order valence-electron chi connectivity index (χ2n) is 5.80. The zero-order valence-electron chi connectivity index (χ0n) is 12.6. The molecule has 0 aliphatic rings. The molecule has 0 saturated heterocycles. The molecule has 0 aliphatic heterocycles. The fourth-order valence-corrected chi connectivity index (χ4v) is 2.39. The molecular formula is C14H19N5OS. The number of tetrazole rings is 1. The van der Waals surface area contributed by atoms with E-state index in [4.69, 9.17) is 0 Å². The molecule has 2 aromatic rings. The van der Waals surface area contributed by atoms with Crippen LogP contribution in [-0.2, 0) is 4.79 Å². The maximum Gasteiger partial charge on any atom is 0.230 e. The quantitative estimate of drug-likeness (QED) is 0.874. The molecule has 1 amide bonds. The second-order valence-corrected chi connectivity index (χ2v) is 6.74. The zero-order chi connectivity index (χ0) is 15.5. The minimum absolute atomic E-state index is 0.0362. The third-order valence-corrected chi connectivity index (χ3v) is 3.49. The molecule has 7 heteroatoms. The summed E-state index contributed by atoms with van der Waals surface area (Å²) in [5, 5.41) is 15.1. The summed E-state index contributed by atoms with van der Waals surface area (Å²) in [6.45, 7) is 7.87. The lowest BCUT2D eigenvalue weighted by Gasteiger charge is -2.20. The van der Waals surface area contributed by atoms with Crippen LogP contribution in [0.15, 0.2) is 29.4 Å². The molecular weight excluding hydrogens is 286 g/mol. The molecule has 0 fully saturated rings. The minimum Gasteiger partial charge on any atom is -0.351 e. The Hall–Kier alpha value is -1.89. The SMILES string of the molecule is Cc1ccc(-n2nnnc2SCC(=O)NC(C)(C)C)cc1. The number of rotatable bonds is 4. The van der Waals surface area contributed by atoms with Crippen molar-refractivity contribution in [2.24, 2.45) is 0 Å². The van der Waals surface area contributed by atoms with Gasteiger partial charge in [0.2, 0.25) is 11.1 Å². The predicted octanol–water partition coefficient (Wildman–Crippen LogP) is 1.98. The van der Waals surface area contributed by atoms with Crippen molar-refractivity contribution in [3.05, 3.63) is 29.8 Å². The first-order chi connectivity index (χ1) is 9.85. The van der Waals surface area contributed by atoms with Gasteiger partial charge in [-0.2, -0.15) is 4.68 Å². The molecule has 1 aromatic carbocycles. The van der Waals surface area contributed by atoms with E-state index < -0.39 is 0 Å². The first-order valence-corrected chi connectivity index (χ1v) is 7.63. The van der Waals surface area contributed by atoms with Crippen LogP contribution in [0.25, 0.3) is 5.69 Å². The van der Waals surface area contributed by atoms with Gasteiger partial charge in [-0.05, 0) is 50.3 Å². The monoisotopic (exact) mass is 305 g/mol. The Balaban J connectivity index is 2.04. The van der Waals surface area contributed by atoms with Crippen molar-refractivity contribution in [3.63, 3.8) is 0 Å². The second kappa shape index (κ2) is 6.26. The number of hydrogen-bond donors (Lipinski definition) is 1. The average molecular weight is 305 g/mol. The van der Waals surface area contributed by atoms with Crippen LogP contribution in [0.1, 0.15) is 26.3 Å². The first-order valence-electron chi connectivity index (χ1n) is 6.64. The summed E-state index contributed by atoms with van der Waals surface area (Å²) < 4.78 is 1.63. The Bertz CT molecular complexity index is 615. The molecule has 112 valence electrons. The number of amides is 1. The lowest BCUT2D eigenvalue weighted by atomic mass is 10.1. The van der Waals surface area contributed by atoms with E-state index in [2.05, 4.69) is 20.8 Å². The fraction of sp³-hybridized carbons (Fsp3) is 0.429. The van der Waals surface area contributed by atoms with Gasteiger partial charge in [0, 0.05) is 5.54 Å². The average Bonchev–Trinajstić information content (AvgIpc) is 2.83. The van der Waals surface area contributed by atoms with E-state index in [9.17, 15) is 4.79 Å². The standard InChI is InChI=1S/C14H19N5OS/c1-10-5-7-11(8-6-10)19-13(16-17-18-19)21-9-12(20)15-14(2,3)4/h5-8H,9H2,1-4H3,(H,15,20). The largest absolute Gasteiger partial charge is 0.351 e. The van der Waals surface area contributed by atoms with Crippen LogP contribution in [-0.4, -0.2) is 37.4 Å². The molecule has 6 nitrogen and oxygen atoms in total. The Kier molecular flexibility index (Phi) is 4.62. The number of carbonyl (C=O) groups excluding carboxylic acids is 1. The number of aryl methyl sites for hydroxylation is 1. The van der Waals surface area contributed by atoms with E-state index in [0.29, 0.717) is 5.16 Å². The van der Waals surface area contributed by atoms with Gasteiger partial charge < -0.3 is 5.32 Å². The summed E-state index contributed by atoms with van der Waals surface area (Å²) in [4.78, 5) is 11.8. The van der Waals surface area contributed by atoms with Gasteiger partial charge in [-0.1, -0.05) is 29.5 Å². The van der Waals surface area contributed by atoms with Crippen LogP contribution in [0.3, 0.4) is 0 Å². The van der Waals surface area contributed by atoms with Crippen LogP contribution < -0.4 is 5.32 Å². The van der Waals surface area contributed by atoms with Crippen molar-refractivity contribution in [2.75, 3.05) is 5.75 Å². The van der Waals surface area contributed by atoms with Crippen molar-refractivity contribution in [1.29, 1.82) is 0 Å². The molecule has 0 unspecified atom stereocenters. The van der Waals surface area contributed by atoms with Crippen molar-refractivity contribution < 1.29 is 4.79 Å². The van der Waals surface area contributed by atoms with Gasteiger partial charge in [-0.25, -0.2) is 0 Å². The highest BCUT2D eigenvalue weighted by Gasteiger charge is 2.16. The van der Waals surface area contributed by atoms with Crippen LogP contribution in [0.5, 0.6) is 0 Å². The molecule has 0 spiro atoms. The molecule has 1 heterocycles. The van der Waals surface area contributed by atoms with E-state index in [1.165, 1.54) is 17.3 Å². The van der Waals surface area contributed by atoms with Gasteiger partial charge in [0.25, 0.3) is 0 Å². The van der Waals surface area contributed by atoms with Gasteiger partial charge in [0.05, 0.1) is 11.4 Å². The van der Waals surface area contributed by atoms with E-state index in [1.807, 2.05) is 52.0 Å². The number of hydrogen-bond acceptors (Lipinski definition) is 5. The number of nitrogens with zero attached hydrogens (tertiary/aromatic N) is 4. The molecule has 1 aromatic heterocycles. The van der Waals surface area contributed by atoms with E-state index in [0.717, 1.165) is 5.69 Å². The summed E-state index contributed by atoms with van der Waals surface area (Å²) in [6.07, 6.45) is 0. The molecule has 0 radical (unpaired) electrons. The molecule has 1 N–H and O–H groups in total. The van der Waals surface area contributed by atoms with Gasteiger partial charge in [0.15, 0.2) is 0 Å². The van der Waals surface area contributed by atoms with E-state index >= 15 is 0 Å². The minimum atomic E-state index is -0.236. The molecule has 2 rings (SSSR count). The number of thioether (sulfide) groups is 1. The first kappa shape index (κ1) is 15.5. The highest BCUT2D eigenvalue weighted by Crippen LogP contribution is 2.18. The number of carbonyl (C=O) groups is 1. The van der Waals surface area contributed by atoms with E-state index in [1.54, 1.807) is 4.68 Å². The Morgan fingerprint density at radius 1 is 1.29 bits per heavy atom. The van der Waals surface area contributed by atoms with Crippen LogP contribution >= 0.6 is 11.8 Å². The van der Waals surface area contributed by atoms with Crippen LogP contribution in [0.4, 0.5) is 0 Å². The van der Waals surface area contributed by atoms with Crippen LogP contribution in [0.2, 0.25) is 0 Å². The Labute approximate surface area is 128 Å². The molecule has 0 saturated carbocycles. The predicted molar refractivity (Wildman–Crippen MR) is 82.5 cm³/mol. The maximum absolute atomic E-state index is 11.8. The van der Waals surface area contributed by atoms with E-state index in [-0.39, 0.29) is 17.2 Å². The number of benzene rings is 1. The van der Waals surface area contributed by atoms with Crippen molar-refractivity contribution in [1.82, 2.24) is 25.5 Å². The molecule has 0 aliphatic carbocycles. The Morgan fingerprint density at radius 2 is 1.95 bits per heavy atom. The lowest BCUT2D eigenvalue weighted by Crippen LogP contribution is -2.41. The summed E-state index contributed by atoms with van der Waals surface area (Å²) >= 11 is 1.32. The normalized spacial score (nSPS) is 11.4. The smallest absolute Gasteiger partial charge is 0.230 e. The summed E-state index contributed by atoms with van der Waals surface area (Å²) in [5.41, 5.74) is 1.82. The number of nitrogens with one attached hydrogen (secondary N) is 1. The van der Waals surface area contributed by atoms with Gasteiger partial charge >= 0.3 is 0 Å².